The highest BCUT2D eigenvalue weighted by atomic mass is 32.2. The van der Waals surface area contributed by atoms with E-state index in [9.17, 15) is 12.8 Å². The van der Waals surface area contributed by atoms with Crippen LogP contribution in [0.4, 0.5) is 10.1 Å². The molecular weight excluding hydrogens is 253 g/mol. The van der Waals surface area contributed by atoms with Crippen LogP contribution in [0.2, 0.25) is 0 Å². The van der Waals surface area contributed by atoms with Crippen LogP contribution in [0, 0.1) is 11.7 Å². The van der Waals surface area contributed by atoms with Gasteiger partial charge in [-0.15, -0.1) is 0 Å². The number of hydrogen-bond donors (Lipinski definition) is 1. The first kappa shape index (κ1) is 13.3. The lowest BCUT2D eigenvalue weighted by molar-refractivity contribution is 0.385. The van der Waals surface area contributed by atoms with Gasteiger partial charge in [-0.3, -0.25) is 0 Å². The number of anilines is 1. The third-order valence-corrected chi connectivity index (χ3v) is 5.30. The van der Waals surface area contributed by atoms with Gasteiger partial charge in [-0.25, -0.2) is 12.8 Å². The third-order valence-electron chi connectivity index (χ3n) is 3.43. The summed E-state index contributed by atoms with van der Waals surface area (Å²) in [6, 6.07) is 3.51. The van der Waals surface area contributed by atoms with Gasteiger partial charge in [0.25, 0.3) is 0 Å². The average Bonchev–Trinajstić information content (AvgIpc) is 2.28. The fraction of sp³-hybridized carbons (Fsp3) is 0.538. The highest BCUT2D eigenvalue weighted by molar-refractivity contribution is 7.91. The number of hydrogen-bond acceptors (Lipinski definition) is 3. The smallest absolute Gasteiger partial charge is 0.178 e. The van der Waals surface area contributed by atoms with Crippen molar-refractivity contribution in [1.82, 2.24) is 0 Å². The first-order valence-corrected chi connectivity index (χ1v) is 7.91. The summed E-state index contributed by atoms with van der Waals surface area (Å²) in [5.74, 6) is -0.291. The zero-order chi connectivity index (χ0) is 13.2. The Bertz CT molecular complexity index is 502. The maximum absolute atomic E-state index is 13.2. The minimum absolute atomic E-state index is 0.00516. The Morgan fingerprint density at radius 2 is 1.83 bits per heavy atom. The molecule has 0 saturated heterocycles. The molecule has 3 nitrogen and oxygen atoms in total. The first-order valence-electron chi connectivity index (χ1n) is 6.26. The van der Waals surface area contributed by atoms with E-state index in [1.54, 1.807) is 0 Å². The Morgan fingerprint density at radius 1 is 1.17 bits per heavy atom. The van der Waals surface area contributed by atoms with Crippen molar-refractivity contribution in [3.8, 4) is 0 Å². The van der Waals surface area contributed by atoms with E-state index in [4.69, 9.17) is 5.73 Å². The SMILES string of the molecule is Nc1cc(F)cc(S(=O)(=O)CC2CCCCC2)c1. The molecule has 5 heteroatoms. The minimum atomic E-state index is -3.42. The van der Waals surface area contributed by atoms with Crippen LogP contribution in [0.1, 0.15) is 32.1 Å². The van der Waals surface area contributed by atoms with E-state index in [-0.39, 0.29) is 22.3 Å². The van der Waals surface area contributed by atoms with Gasteiger partial charge in [0, 0.05) is 5.69 Å². The Kier molecular flexibility index (Phi) is 3.90. The molecule has 0 heterocycles. The molecule has 0 aromatic heterocycles. The molecule has 1 fully saturated rings. The molecule has 1 aliphatic rings. The van der Waals surface area contributed by atoms with Crippen LogP contribution < -0.4 is 5.73 Å². The summed E-state index contributed by atoms with van der Waals surface area (Å²) in [4.78, 5) is 0.00516. The lowest BCUT2D eigenvalue weighted by Crippen LogP contribution is -2.19. The number of rotatable bonds is 3. The quantitative estimate of drug-likeness (QED) is 0.860. The van der Waals surface area contributed by atoms with Gasteiger partial charge in [-0.1, -0.05) is 19.3 Å². The molecule has 18 heavy (non-hydrogen) atoms. The fourth-order valence-electron chi connectivity index (χ4n) is 2.52. The van der Waals surface area contributed by atoms with E-state index in [1.807, 2.05) is 0 Å². The molecule has 1 aromatic carbocycles. The Labute approximate surface area is 107 Å². The number of nitrogen functional groups attached to an aromatic ring is 1. The van der Waals surface area contributed by atoms with Crippen molar-refractivity contribution in [2.45, 2.75) is 37.0 Å². The largest absolute Gasteiger partial charge is 0.399 e. The maximum Gasteiger partial charge on any atom is 0.178 e. The summed E-state index contributed by atoms with van der Waals surface area (Å²) >= 11 is 0. The second-order valence-electron chi connectivity index (χ2n) is 5.01. The number of nitrogens with two attached hydrogens (primary N) is 1. The summed E-state index contributed by atoms with van der Waals surface area (Å²) in [6.07, 6.45) is 5.26. The van der Waals surface area contributed by atoms with E-state index in [0.29, 0.717) is 0 Å². The van der Waals surface area contributed by atoms with E-state index in [1.165, 1.54) is 12.5 Å². The third kappa shape index (κ3) is 3.22. The van der Waals surface area contributed by atoms with Crippen LogP contribution in [0.5, 0.6) is 0 Å². The second-order valence-corrected chi connectivity index (χ2v) is 7.04. The van der Waals surface area contributed by atoms with Crippen molar-refractivity contribution >= 4 is 15.5 Å². The number of benzene rings is 1. The van der Waals surface area contributed by atoms with E-state index in [2.05, 4.69) is 0 Å². The fourth-order valence-corrected chi connectivity index (χ4v) is 4.28. The van der Waals surface area contributed by atoms with Gasteiger partial charge >= 0.3 is 0 Å². The van der Waals surface area contributed by atoms with Crippen LogP contribution in [0.25, 0.3) is 0 Å². The molecule has 0 spiro atoms. The van der Waals surface area contributed by atoms with Crippen LogP contribution in [0.15, 0.2) is 23.1 Å². The standard InChI is InChI=1S/C13H18FNO2S/c14-11-6-12(15)8-13(7-11)18(16,17)9-10-4-2-1-3-5-10/h6-8,10H,1-5,9,15H2. The molecule has 0 unspecified atom stereocenters. The lowest BCUT2D eigenvalue weighted by atomic mass is 9.91. The molecule has 1 saturated carbocycles. The molecule has 0 atom stereocenters. The molecule has 0 aliphatic heterocycles. The summed E-state index contributed by atoms with van der Waals surface area (Å²) in [5, 5.41) is 0. The Hall–Kier alpha value is -1.10. The van der Waals surface area contributed by atoms with Gasteiger partial charge in [0.15, 0.2) is 9.84 Å². The van der Waals surface area contributed by atoms with Crippen molar-refractivity contribution in [1.29, 1.82) is 0 Å². The zero-order valence-corrected chi connectivity index (χ0v) is 11.0. The number of halogens is 1. The van der Waals surface area contributed by atoms with Gasteiger partial charge in [0.1, 0.15) is 5.82 Å². The molecule has 2 rings (SSSR count). The number of sulfone groups is 1. The molecule has 0 amide bonds. The minimum Gasteiger partial charge on any atom is -0.399 e. The van der Waals surface area contributed by atoms with Gasteiger partial charge in [0.2, 0.25) is 0 Å². The predicted octanol–water partition coefficient (Wildman–Crippen LogP) is 2.76. The highest BCUT2D eigenvalue weighted by Gasteiger charge is 2.23. The van der Waals surface area contributed by atoms with Crippen LogP contribution in [-0.2, 0) is 9.84 Å². The molecule has 100 valence electrons. The van der Waals surface area contributed by atoms with Crippen LogP contribution in [-0.4, -0.2) is 14.2 Å². The van der Waals surface area contributed by atoms with Gasteiger partial charge in [-0.2, -0.15) is 0 Å². The van der Waals surface area contributed by atoms with E-state index in [0.717, 1.165) is 37.8 Å². The average molecular weight is 271 g/mol. The second kappa shape index (κ2) is 5.26. The monoisotopic (exact) mass is 271 g/mol. The molecule has 1 aromatic rings. The van der Waals surface area contributed by atoms with Crippen molar-refractivity contribution in [2.24, 2.45) is 5.92 Å². The summed E-state index contributed by atoms with van der Waals surface area (Å²) in [6.45, 7) is 0. The van der Waals surface area contributed by atoms with Crippen molar-refractivity contribution < 1.29 is 12.8 Å². The van der Waals surface area contributed by atoms with Gasteiger partial charge < -0.3 is 5.73 Å². The van der Waals surface area contributed by atoms with Crippen LogP contribution in [0.3, 0.4) is 0 Å². The highest BCUT2D eigenvalue weighted by Crippen LogP contribution is 2.27. The normalized spacial score (nSPS) is 17.8. The summed E-state index contributed by atoms with van der Waals surface area (Å²) in [7, 11) is -3.42. The molecule has 0 bridgehead atoms. The molecule has 0 radical (unpaired) electrons. The summed E-state index contributed by atoms with van der Waals surface area (Å²) < 4.78 is 37.6. The maximum atomic E-state index is 13.2. The zero-order valence-electron chi connectivity index (χ0n) is 10.2. The van der Waals surface area contributed by atoms with Gasteiger partial charge in [-0.05, 0) is 37.0 Å². The van der Waals surface area contributed by atoms with E-state index >= 15 is 0 Å². The first-order chi connectivity index (χ1) is 8.47. The Morgan fingerprint density at radius 3 is 2.44 bits per heavy atom. The van der Waals surface area contributed by atoms with Crippen molar-refractivity contribution in [3.05, 3.63) is 24.0 Å². The van der Waals surface area contributed by atoms with Gasteiger partial charge in [0.05, 0.1) is 10.6 Å². The van der Waals surface area contributed by atoms with Crippen molar-refractivity contribution in [3.63, 3.8) is 0 Å². The lowest BCUT2D eigenvalue weighted by Gasteiger charge is -2.21. The Balaban J connectivity index is 2.19. The topological polar surface area (TPSA) is 60.2 Å². The van der Waals surface area contributed by atoms with Crippen molar-refractivity contribution in [2.75, 3.05) is 11.5 Å². The predicted molar refractivity (Wildman–Crippen MR) is 69.4 cm³/mol. The molecule has 1 aliphatic carbocycles. The molecular formula is C13H18FNO2S. The van der Waals surface area contributed by atoms with Crippen LogP contribution >= 0.6 is 0 Å². The summed E-state index contributed by atoms with van der Waals surface area (Å²) in [5.41, 5.74) is 5.64. The van der Waals surface area contributed by atoms with E-state index < -0.39 is 15.7 Å². The molecule has 2 N–H and O–H groups in total.